The van der Waals surface area contributed by atoms with Crippen LogP contribution in [0.5, 0.6) is 5.75 Å². The lowest BCUT2D eigenvalue weighted by molar-refractivity contribution is 0.0521. The van der Waals surface area contributed by atoms with Crippen LogP contribution in [0.2, 0.25) is 5.02 Å². The van der Waals surface area contributed by atoms with Crippen LogP contribution in [0.3, 0.4) is 0 Å². The summed E-state index contributed by atoms with van der Waals surface area (Å²) in [6.45, 7) is 1.97. The molecule has 7 nitrogen and oxygen atoms in total. The van der Waals surface area contributed by atoms with E-state index >= 15 is 0 Å². The van der Waals surface area contributed by atoms with Crippen LogP contribution in [0.4, 0.5) is 11.5 Å². The highest BCUT2D eigenvalue weighted by Gasteiger charge is 2.20. The van der Waals surface area contributed by atoms with Crippen molar-refractivity contribution < 1.29 is 14.3 Å². The molecule has 3 aromatic rings. The van der Waals surface area contributed by atoms with E-state index in [9.17, 15) is 4.79 Å². The second-order valence-electron chi connectivity index (χ2n) is 4.95. The molecule has 2 aromatic heterocycles. The van der Waals surface area contributed by atoms with Crippen molar-refractivity contribution in [3.8, 4) is 5.75 Å². The van der Waals surface area contributed by atoms with Gasteiger partial charge in [0.2, 0.25) is 0 Å². The normalized spacial score (nSPS) is 11.2. The van der Waals surface area contributed by atoms with Crippen LogP contribution in [-0.4, -0.2) is 29.1 Å². The summed E-state index contributed by atoms with van der Waals surface area (Å²) in [7, 11) is 1.55. The lowest BCUT2D eigenvalue weighted by Gasteiger charge is -2.02. The fourth-order valence-corrected chi connectivity index (χ4v) is 2.37. The molecule has 3 rings (SSSR count). The van der Waals surface area contributed by atoms with E-state index in [1.165, 1.54) is 0 Å². The van der Waals surface area contributed by atoms with Crippen LogP contribution < -0.4 is 4.74 Å². The van der Waals surface area contributed by atoms with Crippen molar-refractivity contribution in [2.75, 3.05) is 13.7 Å². The van der Waals surface area contributed by atoms with Crippen LogP contribution in [-0.2, 0) is 4.74 Å². The van der Waals surface area contributed by atoms with Gasteiger partial charge in [0.05, 0.1) is 18.7 Å². The summed E-state index contributed by atoms with van der Waals surface area (Å²) in [6.07, 6.45) is 1.74. The minimum atomic E-state index is -0.558. The maximum absolute atomic E-state index is 12.2. The van der Waals surface area contributed by atoms with Gasteiger partial charge in [0.1, 0.15) is 17.1 Å². The zero-order valence-electron chi connectivity index (χ0n) is 13.6. The first kappa shape index (κ1) is 16.9. The second kappa shape index (κ2) is 7.31. The van der Waals surface area contributed by atoms with E-state index in [0.29, 0.717) is 22.1 Å². The van der Waals surface area contributed by atoms with E-state index < -0.39 is 5.97 Å². The van der Waals surface area contributed by atoms with Crippen molar-refractivity contribution >= 4 is 34.7 Å². The Labute approximate surface area is 148 Å². The molecule has 1 aromatic carbocycles. The Hall–Kier alpha value is -2.93. The van der Waals surface area contributed by atoms with Gasteiger partial charge in [-0.2, -0.15) is 0 Å². The third-order valence-corrected chi connectivity index (χ3v) is 3.70. The summed E-state index contributed by atoms with van der Waals surface area (Å²) in [5, 5.41) is 8.76. The van der Waals surface area contributed by atoms with E-state index in [4.69, 9.17) is 21.1 Å². The topological polar surface area (TPSA) is 77.5 Å². The Morgan fingerprint density at radius 3 is 2.88 bits per heavy atom. The molecule has 0 aliphatic heterocycles. The number of azo groups is 1. The van der Waals surface area contributed by atoms with Crippen LogP contribution in [0.25, 0.3) is 5.65 Å². The Balaban J connectivity index is 2.08. The molecule has 0 atom stereocenters. The second-order valence-corrected chi connectivity index (χ2v) is 5.36. The predicted molar refractivity (Wildman–Crippen MR) is 93.3 cm³/mol. The third-order valence-electron chi connectivity index (χ3n) is 3.38. The maximum atomic E-state index is 12.2. The fourth-order valence-electron chi connectivity index (χ4n) is 2.21. The zero-order valence-corrected chi connectivity index (χ0v) is 14.4. The number of ether oxygens (including phenoxy) is 2. The summed E-state index contributed by atoms with van der Waals surface area (Å²) in [5.41, 5.74) is 1.08. The first-order chi connectivity index (χ1) is 12.1. The smallest absolute Gasteiger partial charge is 0.360 e. The largest absolute Gasteiger partial charge is 0.497 e. The van der Waals surface area contributed by atoms with Crippen molar-refractivity contribution in [1.29, 1.82) is 0 Å². The summed E-state index contributed by atoms with van der Waals surface area (Å²) in [6, 6.07) is 10.4. The van der Waals surface area contributed by atoms with Crippen LogP contribution >= 0.6 is 11.6 Å². The first-order valence-electron chi connectivity index (χ1n) is 7.53. The molecule has 0 unspecified atom stereocenters. The lowest BCUT2D eigenvalue weighted by Crippen LogP contribution is -2.05. The number of imidazole rings is 1. The highest BCUT2D eigenvalue weighted by molar-refractivity contribution is 6.33. The molecule has 25 heavy (non-hydrogen) atoms. The molecule has 0 saturated carbocycles. The lowest BCUT2D eigenvalue weighted by atomic mass is 10.3. The number of aromatic nitrogens is 2. The van der Waals surface area contributed by atoms with Gasteiger partial charge in [-0.05, 0) is 31.2 Å². The molecule has 2 heterocycles. The number of rotatable bonds is 5. The molecule has 0 amide bonds. The van der Waals surface area contributed by atoms with Gasteiger partial charge in [-0.15, -0.1) is 10.2 Å². The van der Waals surface area contributed by atoms with Crippen molar-refractivity contribution in [2.24, 2.45) is 10.2 Å². The average molecular weight is 359 g/mol. The summed E-state index contributed by atoms with van der Waals surface area (Å²) < 4.78 is 11.9. The number of hydrogen-bond acceptors (Lipinski definition) is 6. The molecule has 0 aliphatic rings. The van der Waals surface area contributed by atoms with Crippen LogP contribution in [0.15, 0.2) is 52.8 Å². The van der Waals surface area contributed by atoms with Gasteiger partial charge >= 0.3 is 5.97 Å². The Bertz CT molecular complexity index is 952. The monoisotopic (exact) mass is 358 g/mol. The van der Waals surface area contributed by atoms with Crippen molar-refractivity contribution in [1.82, 2.24) is 9.38 Å². The van der Waals surface area contributed by atoms with Gasteiger partial charge in [-0.25, -0.2) is 9.78 Å². The highest BCUT2D eigenvalue weighted by atomic mass is 35.5. The molecule has 8 heteroatoms. The first-order valence-corrected chi connectivity index (χ1v) is 7.91. The number of carbonyl (C=O) groups excluding carboxylic acids is 1. The average Bonchev–Trinajstić information content (AvgIpc) is 3.00. The number of fused-ring (bicyclic) bond motifs is 1. The molecule has 128 valence electrons. The van der Waals surface area contributed by atoms with E-state index in [2.05, 4.69) is 15.2 Å². The zero-order chi connectivity index (χ0) is 17.8. The highest BCUT2D eigenvalue weighted by Crippen LogP contribution is 2.31. The van der Waals surface area contributed by atoms with E-state index in [1.807, 2.05) is 6.07 Å². The maximum Gasteiger partial charge on any atom is 0.360 e. The van der Waals surface area contributed by atoms with Crippen LogP contribution in [0.1, 0.15) is 17.4 Å². The van der Waals surface area contributed by atoms with Gasteiger partial charge in [-0.1, -0.05) is 17.7 Å². The standard InChI is InChI=1S/C17H15ClN4O3/c1-3-25-17(23)15-16(22-9-5-4-6-14(22)19-15)21-20-13-10-11(24-2)7-8-12(13)18/h4-10H,3H2,1-2H3. The number of methoxy groups -OCH3 is 1. The van der Waals surface area contributed by atoms with Crippen molar-refractivity contribution in [3.05, 3.63) is 53.3 Å². The summed E-state index contributed by atoms with van der Waals surface area (Å²) >= 11 is 6.14. The molecular formula is C17H15ClN4O3. The molecule has 0 spiro atoms. The number of carbonyl (C=O) groups is 1. The molecule has 0 radical (unpaired) electrons. The number of benzene rings is 1. The number of halogens is 1. The molecular weight excluding hydrogens is 344 g/mol. The van der Waals surface area contributed by atoms with Crippen LogP contribution in [0, 0.1) is 0 Å². The minimum absolute atomic E-state index is 0.0934. The minimum Gasteiger partial charge on any atom is -0.497 e. The molecule has 0 aliphatic carbocycles. The van der Waals surface area contributed by atoms with Gasteiger partial charge in [-0.3, -0.25) is 4.40 Å². The molecule has 0 fully saturated rings. The molecule has 0 N–H and O–H groups in total. The Morgan fingerprint density at radius 1 is 1.28 bits per heavy atom. The van der Waals surface area contributed by atoms with Crippen molar-refractivity contribution in [3.63, 3.8) is 0 Å². The van der Waals surface area contributed by atoms with E-state index in [1.54, 1.807) is 55.0 Å². The number of pyridine rings is 1. The van der Waals surface area contributed by atoms with E-state index in [0.717, 1.165) is 0 Å². The summed E-state index contributed by atoms with van der Waals surface area (Å²) in [5.74, 6) is 0.312. The quantitative estimate of drug-likeness (QED) is 0.493. The Morgan fingerprint density at radius 2 is 2.12 bits per heavy atom. The molecule has 0 saturated heterocycles. The number of esters is 1. The predicted octanol–water partition coefficient (Wildman–Crippen LogP) is 4.59. The number of hydrogen-bond donors (Lipinski definition) is 0. The third kappa shape index (κ3) is 3.46. The van der Waals surface area contributed by atoms with Gasteiger partial charge in [0.25, 0.3) is 0 Å². The Kier molecular flexibility index (Phi) is 4.95. The number of nitrogens with zero attached hydrogens (tertiary/aromatic N) is 4. The summed E-state index contributed by atoms with van der Waals surface area (Å²) in [4.78, 5) is 16.4. The van der Waals surface area contributed by atoms with E-state index in [-0.39, 0.29) is 18.1 Å². The van der Waals surface area contributed by atoms with Gasteiger partial charge in [0, 0.05) is 12.3 Å². The van der Waals surface area contributed by atoms with Gasteiger partial charge < -0.3 is 9.47 Å². The van der Waals surface area contributed by atoms with Gasteiger partial charge in [0.15, 0.2) is 11.5 Å². The SMILES string of the molecule is CCOC(=O)c1nc2ccccn2c1N=Nc1cc(OC)ccc1Cl. The molecule has 0 bridgehead atoms. The fraction of sp³-hybridized carbons (Fsp3) is 0.176. The van der Waals surface area contributed by atoms with Crippen molar-refractivity contribution in [2.45, 2.75) is 6.92 Å².